The molecule has 0 bridgehead atoms. The summed E-state index contributed by atoms with van der Waals surface area (Å²) in [5.74, 6) is 1.74. The first-order valence-corrected chi connectivity index (χ1v) is 8.75. The molecule has 0 saturated carbocycles. The molecule has 6 nitrogen and oxygen atoms in total. The first kappa shape index (κ1) is 17.5. The van der Waals surface area contributed by atoms with E-state index in [1.807, 2.05) is 19.9 Å². The van der Waals surface area contributed by atoms with Crippen molar-refractivity contribution in [1.82, 2.24) is 20.5 Å². The maximum atomic E-state index is 12.2. The highest BCUT2D eigenvalue weighted by Crippen LogP contribution is 2.19. The zero-order chi connectivity index (χ0) is 17.8. The summed E-state index contributed by atoms with van der Waals surface area (Å²) in [6, 6.07) is 10.4. The number of carbonyl (C=O) groups excluding carboxylic acids is 1. The van der Waals surface area contributed by atoms with Crippen LogP contribution in [0.1, 0.15) is 29.8 Å². The minimum atomic E-state index is -0.174. The van der Waals surface area contributed by atoms with Gasteiger partial charge in [-0.15, -0.1) is 0 Å². The summed E-state index contributed by atoms with van der Waals surface area (Å²) in [5.41, 5.74) is 2.16. The highest BCUT2D eigenvalue weighted by atomic mass is 16.4. The van der Waals surface area contributed by atoms with Gasteiger partial charge in [0.2, 0.25) is 5.89 Å². The van der Waals surface area contributed by atoms with Gasteiger partial charge in [0.25, 0.3) is 0 Å². The van der Waals surface area contributed by atoms with Crippen LogP contribution in [0.3, 0.4) is 0 Å². The first-order valence-electron chi connectivity index (χ1n) is 8.75. The van der Waals surface area contributed by atoms with Crippen LogP contribution in [-0.2, 0) is 13.1 Å². The average molecular weight is 342 g/mol. The molecule has 2 aromatic rings. The zero-order valence-corrected chi connectivity index (χ0v) is 15.1. The second-order valence-electron chi connectivity index (χ2n) is 6.84. The van der Waals surface area contributed by atoms with E-state index in [0.29, 0.717) is 18.4 Å². The van der Waals surface area contributed by atoms with E-state index in [1.165, 1.54) is 5.56 Å². The molecule has 2 amide bonds. The van der Waals surface area contributed by atoms with Gasteiger partial charge in [-0.3, -0.25) is 4.90 Å². The minimum absolute atomic E-state index is 0.150. The minimum Gasteiger partial charge on any atom is -0.444 e. The number of hydrogen-bond acceptors (Lipinski definition) is 4. The molecule has 1 aliphatic heterocycles. The van der Waals surface area contributed by atoms with Gasteiger partial charge in [-0.05, 0) is 25.3 Å². The topological polar surface area (TPSA) is 70.4 Å². The van der Waals surface area contributed by atoms with Gasteiger partial charge in [-0.2, -0.15) is 0 Å². The van der Waals surface area contributed by atoms with Gasteiger partial charge < -0.3 is 15.1 Å². The monoisotopic (exact) mass is 342 g/mol. The molecule has 1 fully saturated rings. The van der Waals surface area contributed by atoms with Crippen LogP contribution in [0, 0.1) is 19.8 Å². The van der Waals surface area contributed by atoms with Crippen molar-refractivity contribution in [1.29, 1.82) is 0 Å². The molecule has 1 aromatic carbocycles. The van der Waals surface area contributed by atoms with Crippen LogP contribution in [0.4, 0.5) is 4.79 Å². The number of aromatic nitrogens is 1. The van der Waals surface area contributed by atoms with Crippen molar-refractivity contribution < 1.29 is 9.21 Å². The van der Waals surface area contributed by atoms with E-state index < -0.39 is 0 Å². The number of amides is 2. The van der Waals surface area contributed by atoms with Gasteiger partial charge in [0.1, 0.15) is 5.76 Å². The van der Waals surface area contributed by atoms with E-state index in [2.05, 4.69) is 51.7 Å². The first-order chi connectivity index (χ1) is 12.0. The molecular formula is C19H26N4O2. The van der Waals surface area contributed by atoms with Crippen molar-refractivity contribution in [2.24, 2.45) is 5.92 Å². The number of benzene rings is 1. The van der Waals surface area contributed by atoms with Crippen LogP contribution in [-0.4, -0.2) is 35.0 Å². The molecule has 1 saturated heterocycles. The molecule has 25 heavy (non-hydrogen) atoms. The average Bonchev–Trinajstić information content (AvgIpc) is 3.08. The lowest BCUT2D eigenvalue weighted by Gasteiger charge is -2.17. The Morgan fingerprint density at radius 1 is 1.28 bits per heavy atom. The summed E-state index contributed by atoms with van der Waals surface area (Å²) < 4.78 is 5.48. The fraction of sp³-hybridized carbons (Fsp3) is 0.474. The third-order valence-corrected chi connectivity index (χ3v) is 4.73. The number of nitrogens with one attached hydrogen (secondary N) is 2. The summed E-state index contributed by atoms with van der Waals surface area (Å²) >= 11 is 0. The molecule has 6 heteroatoms. The van der Waals surface area contributed by atoms with Gasteiger partial charge in [-0.25, -0.2) is 9.78 Å². The second-order valence-corrected chi connectivity index (χ2v) is 6.84. The maximum absolute atomic E-state index is 12.2. The van der Waals surface area contributed by atoms with Crippen LogP contribution in [0.15, 0.2) is 34.7 Å². The predicted molar refractivity (Wildman–Crippen MR) is 96.0 cm³/mol. The van der Waals surface area contributed by atoms with E-state index in [1.54, 1.807) is 0 Å². The number of carbonyl (C=O) groups is 1. The summed E-state index contributed by atoms with van der Waals surface area (Å²) in [5, 5.41) is 5.90. The summed E-state index contributed by atoms with van der Waals surface area (Å²) in [6.45, 7) is 9.00. The van der Waals surface area contributed by atoms with E-state index in [9.17, 15) is 4.79 Å². The van der Waals surface area contributed by atoms with Gasteiger partial charge in [0.05, 0.1) is 12.2 Å². The van der Waals surface area contributed by atoms with Crippen LogP contribution in [0.2, 0.25) is 0 Å². The Morgan fingerprint density at radius 2 is 2.04 bits per heavy atom. The third kappa shape index (κ3) is 4.60. The second kappa shape index (κ2) is 7.70. The van der Waals surface area contributed by atoms with E-state index >= 15 is 0 Å². The predicted octanol–water partition coefficient (Wildman–Crippen LogP) is 2.61. The van der Waals surface area contributed by atoms with Crippen molar-refractivity contribution >= 4 is 6.03 Å². The Morgan fingerprint density at radius 3 is 2.72 bits per heavy atom. The molecule has 2 unspecified atom stereocenters. The maximum Gasteiger partial charge on any atom is 0.315 e. The fourth-order valence-corrected chi connectivity index (χ4v) is 3.22. The number of rotatable bonds is 5. The Hall–Kier alpha value is -2.34. The van der Waals surface area contributed by atoms with Gasteiger partial charge in [0.15, 0.2) is 0 Å². The van der Waals surface area contributed by atoms with Crippen LogP contribution >= 0.6 is 0 Å². The van der Waals surface area contributed by atoms with Crippen LogP contribution in [0.25, 0.3) is 0 Å². The summed E-state index contributed by atoms with van der Waals surface area (Å²) in [4.78, 5) is 18.8. The molecule has 1 aromatic heterocycles. The highest BCUT2D eigenvalue weighted by Gasteiger charge is 2.30. The lowest BCUT2D eigenvalue weighted by molar-refractivity contribution is 0.233. The Kier molecular flexibility index (Phi) is 5.38. The van der Waals surface area contributed by atoms with Gasteiger partial charge >= 0.3 is 6.03 Å². The smallest absolute Gasteiger partial charge is 0.315 e. The lowest BCUT2D eigenvalue weighted by atomic mass is 10.1. The SMILES string of the molecule is Cc1nc(CNC(=O)NC2CN(Cc3ccccc3)CC2C)oc1C. The van der Waals surface area contributed by atoms with E-state index in [4.69, 9.17) is 4.42 Å². The molecule has 134 valence electrons. The molecule has 2 heterocycles. The molecule has 0 aliphatic carbocycles. The lowest BCUT2D eigenvalue weighted by Crippen LogP contribution is -2.45. The van der Waals surface area contributed by atoms with Crippen molar-refractivity contribution in [2.75, 3.05) is 13.1 Å². The van der Waals surface area contributed by atoms with Crippen molar-refractivity contribution in [3.8, 4) is 0 Å². The van der Waals surface area contributed by atoms with Crippen LogP contribution in [0.5, 0.6) is 0 Å². The number of oxazole rings is 1. The Balaban J connectivity index is 1.46. The van der Waals surface area contributed by atoms with Gasteiger partial charge in [-0.1, -0.05) is 37.3 Å². The van der Waals surface area contributed by atoms with E-state index in [-0.39, 0.29) is 12.1 Å². The molecule has 0 radical (unpaired) electrons. The van der Waals surface area contributed by atoms with Crippen molar-refractivity contribution in [3.05, 3.63) is 53.2 Å². The molecule has 2 N–H and O–H groups in total. The summed E-state index contributed by atoms with van der Waals surface area (Å²) in [6.07, 6.45) is 0. The molecule has 3 rings (SSSR count). The standard InChI is InChI=1S/C19H26N4O2/c1-13-10-23(11-16-7-5-4-6-8-16)12-17(13)22-19(24)20-9-18-21-14(2)15(3)25-18/h4-8,13,17H,9-12H2,1-3H3,(H2,20,22,24). The van der Waals surface area contributed by atoms with Crippen LogP contribution < -0.4 is 10.6 Å². The largest absolute Gasteiger partial charge is 0.444 e. The molecular weight excluding hydrogens is 316 g/mol. The molecule has 2 atom stereocenters. The molecule has 1 aliphatic rings. The van der Waals surface area contributed by atoms with Gasteiger partial charge in [0, 0.05) is 25.7 Å². The fourth-order valence-electron chi connectivity index (χ4n) is 3.22. The number of urea groups is 1. The number of nitrogens with zero attached hydrogens (tertiary/aromatic N) is 2. The number of hydrogen-bond donors (Lipinski definition) is 2. The van der Waals surface area contributed by atoms with Crippen molar-refractivity contribution in [2.45, 2.75) is 39.9 Å². The quantitative estimate of drug-likeness (QED) is 0.876. The zero-order valence-electron chi connectivity index (χ0n) is 15.1. The Labute approximate surface area is 148 Å². The van der Waals surface area contributed by atoms with Crippen molar-refractivity contribution in [3.63, 3.8) is 0 Å². The molecule has 0 spiro atoms. The normalized spacial score (nSPS) is 20.6. The number of aryl methyl sites for hydroxylation is 2. The third-order valence-electron chi connectivity index (χ3n) is 4.73. The van der Waals surface area contributed by atoms with E-state index in [0.717, 1.165) is 31.1 Å². The highest BCUT2D eigenvalue weighted by molar-refractivity contribution is 5.74. The Bertz CT molecular complexity index is 694. The summed E-state index contributed by atoms with van der Waals surface area (Å²) in [7, 11) is 0. The number of likely N-dealkylation sites (tertiary alicyclic amines) is 1.